The Hall–Kier alpha value is -1.43. The van der Waals surface area contributed by atoms with Crippen molar-refractivity contribution in [1.29, 1.82) is 0 Å². The van der Waals surface area contributed by atoms with E-state index in [4.69, 9.17) is 4.74 Å². The summed E-state index contributed by atoms with van der Waals surface area (Å²) in [4.78, 5) is 12.9. The minimum absolute atomic E-state index is 0.155. The Bertz CT molecular complexity index is 622. The summed E-state index contributed by atoms with van der Waals surface area (Å²) in [6.45, 7) is 0.470. The maximum absolute atomic E-state index is 11.9. The molecule has 1 aromatic heterocycles. The molecule has 2 rings (SSSR count). The molecule has 0 aliphatic heterocycles. The van der Waals surface area contributed by atoms with Gasteiger partial charge in [-0.3, -0.25) is 4.79 Å². The Morgan fingerprint density at radius 2 is 2.15 bits per heavy atom. The summed E-state index contributed by atoms with van der Waals surface area (Å²) in [6, 6.07) is 11.5. The first-order valence-electron chi connectivity index (χ1n) is 6.00. The number of carbonyl (C=O) groups is 1. The Kier molecular flexibility index (Phi) is 5.52. The van der Waals surface area contributed by atoms with Crippen molar-refractivity contribution in [1.82, 2.24) is 0 Å². The van der Waals surface area contributed by atoms with Crippen LogP contribution in [0.5, 0.6) is 0 Å². The van der Waals surface area contributed by atoms with E-state index in [0.29, 0.717) is 6.61 Å². The highest BCUT2D eigenvalue weighted by Gasteiger charge is 2.04. The van der Waals surface area contributed by atoms with E-state index in [-0.39, 0.29) is 5.91 Å². The highest BCUT2D eigenvalue weighted by atomic mass is 79.9. The van der Waals surface area contributed by atoms with Crippen LogP contribution >= 0.6 is 27.3 Å². The molecular formula is C15H14BrNO2S. The number of methoxy groups -OCH3 is 1. The van der Waals surface area contributed by atoms with E-state index in [9.17, 15) is 4.79 Å². The molecule has 1 amide bonds. The van der Waals surface area contributed by atoms with E-state index >= 15 is 0 Å². The zero-order chi connectivity index (χ0) is 14.4. The minimum Gasteiger partial charge on any atom is -0.380 e. The maximum atomic E-state index is 11.9. The van der Waals surface area contributed by atoms with Crippen molar-refractivity contribution in [3.05, 3.63) is 56.7 Å². The summed E-state index contributed by atoms with van der Waals surface area (Å²) in [5.41, 5.74) is 1.73. The number of hydrogen-bond donors (Lipinski definition) is 1. The summed E-state index contributed by atoms with van der Waals surface area (Å²) >= 11 is 4.97. The lowest BCUT2D eigenvalue weighted by Crippen LogP contribution is -2.09. The summed E-state index contributed by atoms with van der Waals surface area (Å²) < 4.78 is 6.15. The van der Waals surface area contributed by atoms with Crippen LogP contribution in [-0.2, 0) is 16.1 Å². The van der Waals surface area contributed by atoms with Gasteiger partial charge in [-0.1, -0.05) is 18.2 Å². The van der Waals surface area contributed by atoms with Crippen molar-refractivity contribution < 1.29 is 9.53 Å². The molecule has 0 aliphatic rings. The second kappa shape index (κ2) is 7.38. The Balaban J connectivity index is 2.03. The van der Waals surface area contributed by atoms with Crippen molar-refractivity contribution in [3.8, 4) is 0 Å². The van der Waals surface area contributed by atoms with Gasteiger partial charge in [0.1, 0.15) is 0 Å². The van der Waals surface area contributed by atoms with Crippen LogP contribution in [0.3, 0.4) is 0 Å². The number of carbonyl (C=O) groups excluding carboxylic acids is 1. The van der Waals surface area contributed by atoms with Crippen LogP contribution in [-0.4, -0.2) is 13.0 Å². The fourth-order valence-corrected chi connectivity index (χ4v) is 3.00. The number of ether oxygens (including phenoxy) is 1. The molecule has 0 atom stereocenters. The van der Waals surface area contributed by atoms with Gasteiger partial charge >= 0.3 is 0 Å². The van der Waals surface area contributed by atoms with Gasteiger partial charge in [-0.05, 0) is 40.2 Å². The van der Waals surface area contributed by atoms with E-state index in [1.54, 1.807) is 24.5 Å². The Morgan fingerprint density at radius 1 is 1.35 bits per heavy atom. The first kappa shape index (κ1) is 15.0. The third-order valence-corrected chi connectivity index (χ3v) is 4.16. The molecule has 5 heteroatoms. The van der Waals surface area contributed by atoms with Gasteiger partial charge in [0.15, 0.2) is 0 Å². The highest BCUT2D eigenvalue weighted by Crippen LogP contribution is 2.23. The number of thiophene rings is 1. The van der Waals surface area contributed by atoms with Gasteiger partial charge < -0.3 is 10.1 Å². The predicted octanol–water partition coefficient (Wildman–Crippen LogP) is 4.31. The molecular weight excluding hydrogens is 338 g/mol. The third kappa shape index (κ3) is 4.30. The molecule has 0 unspecified atom stereocenters. The fourth-order valence-electron chi connectivity index (χ4n) is 1.67. The van der Waals surface area contributed by atoms with E-state index in [2.05, 4.69) is 21.2 Å². The molecule has 3 nitrogen and oxygen atoms in total. The molecule has 20 heavy (non-hydrogen) atoms. The molecule has 104 valence electrons. The van der Waals surface area contributed by atoms with E-state index in [0.717, 1.165) is 19.9 Å². The SMILES string of the molecule is COCc1ccccc1NC(=O)/C=C/c1ccc(Br)s1. The number of para-hydroxylation sites is 1. The van der Waals surface area contributed by atoms with E-state index in [1.165, 1.54) is 6.08 Å². The molecule has 0 spiro atoms. The maximum Gasteiger partial charge on any atom is 0.248 e. The number of hydrogen-bond acceptors (Lipinski definition) is 3. The Morgan fingerprint density at radius 3 is 2.85 bits per heavy atom. The smallest absolute Gasteiger partial charge is 0.248 e. The van der Waals surface area contributed by atoms with Crippen LogP contribution in [0.25, 0.3) is 6.08 Å². The van der Waals surface area contributed by atoms with Crippen LogP contribution in [0.1, 0.15) is 10.4 Å². The van der Waals surface area contributed by atoms with Gasteiger partial charge in [-0.2, -0.15) is 0 Å². The van der Waals surface area contributed by atoms with Gasteiger partial charge in [0.25, 0.3) is 0 Å². The molecule has 2 aromatic rings. The quantitative estimate of drug-likeness (QED) is 0.815. The summed E-state index contributed by atoms with van der Waals surface area (Å²) in [6.07, 6.45) is 3.32. The molecule has 1 aromatic carbocycles. The van der Waals surface area contributed by atoms with Gasteiger partial charge in [0.05, 0.1) is 10.4 Å². The van der Waals surface area contributed by atoms with Crippen LogP contribution in [0, 0.1) is 0 Å². The van der Waals surface area contributed by atoms with Gasteiger partial charge in [0.2, 0.25) is 5.91 Å². The highest BCUT2D eigenvalue weighted by molar-refractivity contribution is 9.11. The van der Waals surface area contributed by atoms with Gasteiger partial charge in [0, 0.05) is 29.3 Å². The molecule has 0 saturated heterocycles. The predicted molar refractivity (Wildman–Crippen MR) is 86.8 cm³/mol. The van der Waals surface area contributed by atoms with Crippen LogP contribution in [0.4, 0.5) is 5.69 Å². The molecule has 0 bridgehead atoms. The number of rotatable bonds is 5. The number of halogens is 1. The zero-order valence-electron chi connectivity index (χ0n) is 10.9. The van der Waals surface area contributed by atoms with Crippen molar-refractivity contribution in [3.63, 3.8) is 0 Å². The average Bonchev–Trinajstić information content (AvgIpc) is 2.85. The first-order valence-corrected chi connectivity index (χ1v) is 7.61. The molecule has 0 radical (unpaired) electrons. The Labute approximate surface area is 130 Å². The molecule has 1 heterocycles. The second-order valence-electron chi connectivity index (χ2n) is 4.05. The largest absolute Gasteiger partial charge is 0.380 e. The monoisotopic (exact) mass is 351 g/mol. The standard InChI is InChI=1S/C15H14BrNO2S/c1-19-10-11-4-2-3-5-13(11)17-15(18)9-7-12-6-8-14(16)20-12/h2-9H,10H2,1H3,(H,17,18)/b9-7+. The van der Waals surface area contributed by atoms with Crippen molar-refractivity contribution >= 4 is 44.9 Å². The molecule has 0 saturated carbocycles. The third-order valence-electron chi connectivity index (χ3n) is 2.57. The van der Waals surface area contributed by atoms with Crippen LogP contribution in [0.2, 0.25) is 0 Å². The number of nitrogens with one attached hydrogen (secondary N) is 1. The van der Waals surface area contributed by atoms with E-state index < -0.39 is 0 Å². The van der Waals surface area contributed by atoms with Crippen molar-refractivity contribution in [2.24, 2.45) is 0 Å². The second-order valence-corrected chi connectivity index (χ2v) is 6.55. The van der Waals surface area contributed by atoms with Gasteiger partial charge in [-0.25, -0.2) is 0 Å². The zero-order valence-corrected chi connectivity index (χ0v) is 13.3. The minimum atomic E-state index is -0.155. The fraction of sp³-hybridized carbons (Fsp3) is 0.133. The average molecular weight is 352 g/mol. The lowest BCUT2D eigenvalue weighted by Gasteiger charge is -2.08. The van der Waals surface area contributed by atoms with Crippen LogP contribution in [0.15, 0.2) is 46.3 Å². The van der Waals surface area contributed by atoms with E-state index in [1.807, 2.05) is 36.4 Å². The van der Waals surface area contributed by atoms with Crippen LogP contribution < -0.4 is 5.32 Å². The molecule has 0 aliphatic carbocycles. The van der Waals surface area contributed by atoms with Crippen molar-refractivity contribution in [2.45, 2.75) is 6.61 Å². The lowest BCUT2D eigenvalue weighted by atomic mass is 10.2. The number of benzene rings is 1. The van der Waals surface area contributed by atoms with Crippen molar-refractivity contribution in [2.75, 3.05) is 12.4 Å². The molecule has 0 fully saturated rings. The summed E-state index contributed by atoms with van der Waals surface area (Å²) in [7, 11) is 1.63. The lowest BCUT2D eigenvalue weighted by molar-refractivity contribution is -0.111. The first-order chi connectivity index (χ1) is 9.69. The topological polar surface area (TPSA) is 38.3 Å². The normalized spacial score (nSPS) is 10.9. The number of amides is 1. The molecule has 1 N–H and O–H groups in total. The summed E-state index contributed by atoms with van der Waals surface area (Å²) in [5, 5.41) is 2.86. The number of anilines is 1. The summed E-state index contributed by atoms with van der Waals surface area (Å²) in [5.74, 6) is -0.155. The van der Waals surface area contributed by atoms with Gasteiger partial charge in [-0.15, -0.1) is 11.3 Å².